The van der Waals surface area contributed by atoms with Crippen LogP contribution in [0.15, 0.2) is 34.3 Å². The first-order chi connectivity index (χ1) is 19.7. The van der Waals surface area contributed by atoms with E-state index in [0.717, 1.165) is 13.8 Å². The summed E-state index contributed by atoms with van der Waals surface area (Å²) in [6, 6.07) is -0.214. The Labute approximate surface area is 254 Å². The number of phenols is 2. The second-order valence-electron chi connectivity index (χ2n) is 7.97. The van der Waals surface area contributed by atoms with Crippen LogP contribution in [0.5, 0.6) is 11.5 Å². The number of carbonyl (C=O) groups excluding carboxylic acids is 2. The Bertz CT molecular complexity index is 1260. The Morgan fingerprint density at radius 1 is 0.622 bits per heavy atom. The summed E-state index contributed by atoms with van der Waals surface area (Å²) >= 11 is 0. The van der Waals surface area contributed by atoms with Crippen molar-refractivity contribution < 1.29 is 99.5 Å². The van der Waals surface area contributed by atoms with Gasteiger partial charge in [-0.25, -0.2) is 0 Å². The number of rotatable bonds is 5. The molecule has 2 aromatic carbocycles. The summed E-state index contributed by atoms with van der Waals surface area (Å²) in [6.07, 6.45) is -20.1. The number of carboxylic acid groups (broad SMARTS) is 2. The fraction of sp³-hybridized carbons (Fsp3) is 0.333. The Hall–Kier alpha value is -4.01. The van der Waals surface area contributed by atoms with E-state index < -0.39 is 94.6 Å². The number of halogens is 12. The predicted molar refractivity (Wildman–Crippen MR) is 123 cm³/mol. The molecule has 45 heavy (non-hydrogen) atoms. The molecular formula is C24H18CoF12N2O6. The fourth-order valence-corrected chi connectivity index (χ4v) is 2.71. The first-order valence-corrected chi connectivity index (χ1v) is 11.1. The third kappa shape index (κ3) is 15.5. The van der Waals surface area contributed by atoms with Gasteiger partial charge in [-0.15, -0.1) is 0 Å². The molecule has 0 aliphatic heterocycles. The monoisotopic (exact) mass is 717 g/mol. The summed E-state index contributed by atoms with van der Waals surface area (Å²) in [7, 11) is 0. The summed E-state index contributed by atoms with van der Waals surface area (Å²) in [5.74, 6) is -5.26. The average Bonchev–Trinajstić information content (AvgIpc) is 2.79. The summed E-state index contributed by atoms with van der Waals surface area (Å²) in [5.41, 5.74) is -9.31. The minimum Gasteiger partial charge on any atom is -0.550 e. The Balaban J connectivity index is 0. The van der Waals surface area contributed by atoms with Crippen molar-refractivity contribution in [3.63, 3.8) is 0 Å². The van der Waals surface area contributed by atoms with E-state index in [4.69, 9.17) is 19.8 Å². The van der Waals surface area contributed by atoms with Crippen molar-refractivity contribution in [2.45, 2.75) is 38.6 Å². The van der Waals surface area contributed by atoms with E-state index in [1.165, 1.54) is 0 Å². The van der Waals surface area contributed by atoms with E-state index in [-0.39, 0.29) is 41.0 Å². The van der Waals surface area contributed by atoms with E-state index >= 15 is 0 Å². The van der Waals surface area contributed by atoms with Gasteiger partial charge in [0.05, 0.1) is 35.3 Å². The molecule has 0 saturated heterocycles. The molecular weight excluding hydrogens is 699 g/mol. The maximum atomic E-state index is 12.9. The van der Waals surface area contributed by atoms with Crippen LogP contribution in [-0.2, 0) is 51.1 Å². The second-order valence-corrected chi connectivity index (χ2v) is 7.97. The van der Waals surface area contributed by atoms with Crippen LogP contribution in [0.1, 0.15) is 47.2 Å². The van der Waals surface area contributed by atoms with Crippen LogP contribution in [0.25, 0.3) is 0 Å². The molecule has 0 unspecified atom stereocenters. The molecule has 0 aromatic heterocycles. The van der Waals surface area contributed by atoms with Crippen LogP contribution in [0.4, 0.5) is 52.7 Å². The van der Waals surface area contributed by atoms with E-state index in [0.29, 0.717) is 12.4 Å². The van der Waals surface area contributed by atoms with Gasteiger partial charge >= 0.3 is 41.5 Å². The van der Waals surface area contributed by atoms with Crippen LogP contribution >= 0.6 is 0 Å². The summed E-state index contributed by atoms with van der Waals surface area (Å²) in [5, 5.41) is 37.1. The largest absolute Gasteiger partial charge is 2.00 e. The molecule has 2 N–H and O–H groups in total. The van der Waals surface area contributed by atoms with Gasteiger partial charge in [0.2, 0.25) is 0 Å². The molecule has 0 bridgehead atoms. The smallest absolute Gasteiger partial charge is 0.550 e. The van der Waals surface area contributed by atoms with Crippen LogP contribution < -0.4 is 10.2 Å². The molecule has 0 aliphatic rings. The zero-order chi connectivity index (χ0) is 34.8. The molecule has 0 saturated carbocycles. The van der Waals surface area contributed by atoms with Gasteiger partial charge in [0, 0.05) is 35.5 Å². The molecule has 0 aliphatic carbocycles. The molecule has 1 radical (unpaired) electrons. The molecule has 0 fully saturated rings. The van der Waals surface area contributed by atoms with Gasteiger partial charge in [-0.3, -0.25) is 9.98 Å². The average molecular weight is 717 g/mol. The predicted octanol–water partition coefficient (Wildman–Crippen LogP) is 4.22. The van der Waals surface area contributed by atoms with Crippen molar-refractivity contribution in [1.82, 2.24) is 0 Å². The van der Waals surface area contributed by atoms with Crippen molar-refractivity contribution in [3.05, 3.63) is 57.6 Å². The zero-order valence-corrected chi connectivity index (χ0v) is 23.2. The van der Waals surface area contributed by atoms with Crippen LogP contribution in [0.3, 0.4) is 0 Å². The van der Waals surface area contributed by atoms with E-state index in [1.807, 2.05) is 0 Å². The molecule has 21 heteroatoms. The minimum atomic E-state index is -5.33. The minimum absolute atomic E-state index is 0. The number of aromatic hydroxyl groups is 2. The van der Waals surface area contributed by atoms with Gasteiger partial charge in [0.25, 0.3) is 0 Å². The van der Waals surface area contributed by atoms with Crippen molar-refractivity contribution in [2.24, 2.45) is 9.98 Å². The van der Waals surface area contributed by atoms with Gasteiger partial charge in [-0.1, -0.05) is 0 Å². The second kappa shape index (κ2) is 16.9. The maximum absolute atomic E-state index is 12.9. The first kappa shape index (κ1) is 43.1. The molecule has 0 spiro atoms. The third-order valence-electron chi connectivity index (χ3n) is 4.36. The number of alkyl halides is 12. The van der Waals surface area contributed by atoms with Crippen LogP contribution in [-0.4, -0.2) is 47.7 Å². The van der Waals surface area contributed by atoms with Crippen molar-refractivity contribution >= 4 is 24.4 Å². The SMILES string of the molecule is CC(=O)[O-].CC(=O)[O-].Oc1c(C=NCCN=Cc2cc(C(F)(F)F)cc(C(F)(F)F)c2O)cc(C(F)(F)F)cc1C(F)(F)F.[Co+2]. The maximum Gasteiger partial charge on any atom is 2.00 e. The summed E-state index contributed by atoms with van der Waals surface area (Å²) < 4.78 is 155. The number of aliphatic imine (C=N–C) groups is 2. The molecule has 2 aromatic rings. The molecule has 2 rings (SSSR count). The number of phenolic OH excluding ortho intramolecular Hbond substituents is 2. The van der Waals surface area contributed by atoms with Gasteiger partial charge in [-0.05, 0) is 38.1 Å². The van der Waals surface area contributed by atoms with Crippen molar-refractivity contribution in [1.29, 1.82) is 0 Å². The van der Waals surface area contributed by atoms with Crippen LogP contribution in [0, 0.1) is 0 Å². The molecule has 253 valence electrons. The standard InChI is InChI=1S/C20H12F12N2O2.2C2H4O2.Co/c21-17(22,23)11-3-9(15(35)13(5-11)19(27,28)29)7-33-1-2-34-8-10-4-12(18(24,25)26)6-14(16(10)36)20(30,31)32;2*1-2(3)4;/h3-8,35-36H,1-2H2;2*1H3,(H,3,4);/q;;;+2/p-2. The number of carboxylic acids is 2. The van der Waals surface area contributed by atoms with Gasteiger partial charge < -0.3 is 30.0 Å². The Morgan fingerprint density at radius 2 is 0.867 bits per heavy atom. The number of carbonyl (C=O) groups is 2. The van der Waals surface area contributed by atoms with E-state index in [9.17, 15) is 62.9 Å². The Kier molecular flexibility index (Phi) is 16.2. The van der Waals surface area contributed by atoms with Crippen molar-refractivity contribution in [3.8, 4) is 11.5 Å². The molecule has 0 atom stereocenters. The molecule has 0 amide bonds. The fourth-order valence-electron chi connectivity index (χ4n) is 2.71. The first-order valence-electron chi connectivity index (χ1n) is 11.1. The number of hydrogen-bond donors (Lipinski definition) is 2. The number of aliphatic carboxylic acids is 2. The quantitative estimate of drug-likeness (QED) is 0.269. The van der Waals surface area contributed by atoms with Crippen molar-refractivity contribution in [2.75, 3.05) is 13.1 Å². The molecule has 0 heterocycles. The van der Waals surface area contributed by atoms with E-state index in [2.05, 4.69) is 9.98 Å². The topological polar surface area (TPSA) is 145 Å². The normalized spacial score (nSPS) is 12.1. The Morgan fingerprint density at radius 3 is 1.07 bits per heavy atom. The van der Waals surface area contributed by atoms with Gasteiger partial charge in [0.15, 0.2) is 0 Å². The summed E-state index contributed by atoms with van der Waals surface area (Å²) in [6.45, 7) is 0.915. The number of benzene rings is 2. The zero-order valence-electron chi connectivity index (χ0n) is 22.2. The molecule has 8 nitrogen and oxygen atoms in total. The number of hydrogen-bond acceptors (Lipinski definition) is 8. The van der Waals surface area contributed by atoms with Gasteiger partial charge in [-0.2, -0.15) is 52.7 Å². The summed E-state index contributed by atoms with van der Waals surface area (Å²) in [4.78, 5) is 24.7. The third-order valence-corrected chi connectivity index (χ3v) is 4.36. The number of nitrogens with zero attached hydrogens (tertiary/aromatic N) is 2. The van der Waals surface area contributed by atoms with Gasteiger partial charge in [0.1, 0.15) is 11.5 Å². The van der Waals surface area contributed by atoms with E-state index in [1.54, 1.807) is 0 Å². The van der Waals surface area contributed by atoms with Crippen LogP contribution in [0.2, 0.25) is 0 Å².